The zero-order valence-corrected chi connectivity index (χ0v) is 21.3. The number of benzene rings is 1. The minimum absolute atomic E-state index is 0.0403. The lowest BCUT2D eigenvalue weighted by Crippen LogP contribution is -2.55. The number of carbonyl (C=O) groups is 3. The Kier molecular flexibility index (Phi) is 7.84. The number of amides is 4. The van der Waals surface area contributed by atoms with Gasteiger partial charge in [0.1, 0.15) is 0 Å². The molecule has 2 N–H and O–H groups in total. The van der Waals surface area contributed by atoms with E-state index in [2.05, 4.69) is 15.5 Å². The maximum absolute atomic E-state index is 13.5. The summed E-state index contributed by atoms with van der Waals surface area (Å²) >= 11 is 0. The lowest BCUT2D eigenvalue weighted by atomic mass is 10.1. The fourth-order valence-corrected chi connectivity index (χ4v) is 4.98. The van der Waals surface area contributed by atoms with Crippen molar-refractivity contribution in [3.8, 4) is 0 Å². The highest BCUT2D eigenvalue weighted by Gasteiger charge is 2.29. The number of ether oxygens (including phenoxy) is 1. The quantitative estimate of drug-likeness (QED) is 0.684. The van der Waals surface area contributed by atoms with Gasteiger partial charge in [0.2, 0.25) is 5.91 Å². The Balaban J connectivity index is 1.51. The Morgan fingerprint density at radius 3 is 2.20 bits per heavy atom. The highest BCUT2D eigenvalue weighted by molar-refractivity contribution is 6.02. The average Bonchev–Trinajstić information content (AvgIpc) is 3.38. The van der Waals surface area contributed by atoms with E-state index in [4.69, 9.17) is 4.74 Å². The summed E-state index contributed by atoms with van der Waals surface area (Å²) in [6.45, 7) is 10.5. The first-order valence-electron chi connectivity index (χ1n) is 12.9. The lowest BCUT2D eigenvalue weighted by Gasteiger charge is -2.38. The van der Waals surface area contributed by atoms with Crippen molar-refractivity contribution in [2.75, 3.05) is 62.7 Å². The highest BCUT2D eigenvalue weighted by atomic mass is 16.5. The Labute approximate surface area is 208 Å². The first-order chi connectivity index (χ1) is 16.7. The smallest absolute Gasteiger partial charge is 0.317 e. The van der Waals surface area contributed by atoms with E-state index in [0.717, 1.165) is 31.4 Å². The molecule has 4 amide bonds. The van der Waals surface area contributed by atoms with Gasteiger partial charge in [0.05, 0.1) is 18.8 Å². The predicted molar refractivity (Wildman–Crippen MR) is 136 cm³/mol. The molecule has 2 heterocycles. The molecule has 0 aromatic heterocycles. The summed E-state index contributed by atoms with van der Waals surface area (Å²) in [7, 11) is 0. The minimum Gasteiger partial charge on any atom is -0.378 e. The number of carbonyl (C=O) groups excluding carboxylic acids is 3. The van der Waals surface area contributed by atoms with Gasteiger partial charge in [-0.15, -0.1) is 0 Å². The minimum atomic E-state index is -0.287. The van der Waals surface area contributed by atoms with Gasteiger partial charge in [0, 0.05) is 62.1 Å². The van der Waals surface area contributed by atoms with E-state index >= 15 is 0 Å². The van der Waals surface area contributed by atoms with E-state index in [1.54, 1.807) is 0 Å². The third-order valence-electron chi connectivity index (χ3n) is 6.91. The van der Waals surface area contributed by atoms with Crippen LogP contribution in [0.4, 0.5) is 16.2 Å². The molecule has 1 aliphatic carbocycles. The molecule has 9 heteroatoms. The summed E-state index contributed by atoms with van der Waals surface area (Å²) < 4.78 is 5.43. The van der Waals surface area contributed by atoms with Crippen LogP contribution in [0.25, 0.3) is 0 Å². The molecule has 0 atom stereocenters. The molecule has 1 saturated carbocycles. The van der Waals surface area contributed by atoms with Gasteiger partial charge < -0.3 is 30.1 Å². The summed E-state index contributed by atoms with van der Waals surface area (Å²) in [6, 6.07) is 5.57. The van der Waals surface area contributed by atoms with Crippen LogP contribution in [0, 0.1) is 5.92 Å². The normalized spacial score (nSPS) is 19.6. The monoisotopic (exact) mass is 485 g/mol. The van der Waals surface area contributed by atoms with Gasteiger partial charge in [-0.2, -0.15) is 0 Å². The molecule has 0 spiro atoms. The number of hydrogen-bond acceptors (Lipinski definition) is 5. The lowest BCUT2D eigenvalue weighted by molar-refractivity contribution is -0.119. The molecule has 2 saturated heterocycles. The van der Waals surface area contributed by atoms with Crippen molar-refractivity contribution < 1.29 is 19.1 Å². The van der Waals surface area contributed by atoms with Gasteiger partial charge in [-0.3, -0.25) is 9.59 Å². The van der Waals surface area contributed by atoms with Gasteiger partial charge in [-0.05, 0) is 51.8 Å². The maximum atomic E-state index is 13.5. The number of hydrogen-bond donors (Lipinski definition) is 2. The van der Waals surface area contributed by atoms with Crippen molar-refractivity contribution >= 4 is 29.2 Å². The summed E-state index contributed by atoms with van der Waals surface area (Å²) in [4.78, 5) is 44.6. The number of anilines is 2. The van der Waals surface area contributed by atoms with E-state index in [-0.39, 0.29) is 29.3 Å². The summed E-state index contributed by atoms with van der Waals surface area (Å²) in [5.41, 5.74) is 1.80. The maximum Gasteiger partial charge on any atom is 0.317 e. The van der Waals surface area contributed by atoms with E-state index in [1.165, 1.54) is 0 Å². The van der Waals surface area contributed by atoms with E-state index in [1.807, 2.05) is 48.8 Å². The van der Waals surface area contributed by atoms with Crippen molar-refractivity contribution in [1.82, 2.24) is 15.1 Å². The summed E-state index contributed by atoms with van der Waals surface area (Å²) in [5.74, 6) is 0.0482. The van der Waals surface area contributed by atoms with Crippen LogP contribution in [0.5, 0.6) is 0 Å². The Hall–Kier alpha value is -2.81. The molecule has 1 aromatic rings. The van der Waals surface area contributed by atoms with Crippen LogP contribution < -0.4 is 15.5 Å². The van der Waals surface area contributed by atoms with Crippen LogP contribution in [0.3, 0.4) is 0 Å². The largest absolute Gasteiger partial charge is 0.378 e. The summed E-state index contributed by atoms with van der Waals surface area (Å²) in [6.07, 6.45) is 4.04. The van der Waals surface area contributed by atoms with E-state index in [0.29, 0.717) is 63.7 Å². The zero-order valence-electron chi connectivity index (χ0n) is 21.3. The average molecular weight is 486 g/mol. The van der Waals surface area contributed by atoms with Gasteiger partial charge in [0.15, 0.2) is 0 Å². The third kappa shape index (κ3) is 6.45. The van der Waals surface area contributed by atoms with Crippen LogP contribution in [0.1, 0.15) is 56.8 Å². The third-order valence-corrected chi connectivity index (χ3v) is 6.91. The molecule has 0 bridgehead atoms. The second-order valence-corrected chi connectivity index (χ2v) is 10.8. The molecule has 0 unspecified atom stereocenters. The molecule has 2 aliphatic heterocycles. The molecular weight excluding hydrogens is 446 g/mol. The fourth-order valence-electron chi connectivity index (χ4n) is 4.98. The number of urea groups is 1. The molecule has 1 aromatic carbocycles. The number of nitrogens with zero attached hydrogens (tertiary/aromatic N) is 3. The molecule has 192 valence electrons. The molecule has 3 fully saturated rings. The SMILES string of the molecule is CC(C)(C)NC(=O)N1CCN(c2ccc(NC(=O)C3CCCC3)cc2C(=O)N2CCOCC2)CC1. The molecule has 3 aliphatic rings. The van der Waals surface area contributed by atoms with E-state index in [9.17, 15) is 14.4 Å². The molecule has 9 nitrogen and oxygen atoms in total. The van der Waals surface area contributed by atoms with Crippen molar-refractivity contribution in [2.24, 2.45) is 5.92 Å². The Morgan fingerprint density at radius 2 is 1.57 bits per heavy atom. The first kappa shape index (κ1) is 25.3. The molecule has 35 heavy (non-hydrogen) atoms. The second-order valence-electron chi connectivity index (χ2n) is 10.8. The van der Waals surface area contributed by atoms with Gasteiger partial charge in [-0.25, -0.2) is 4.79 Å². The van der Waals surface area contributed by atoms with Gasteiger partial charge >= 0.3 is 6.03 Å². The van der Waals surface area contributed by atoms with E-state index < -0.39 is 0 Å². The number of nitrogens with one attached hydrogen (secondary N) is 2. The van der Waals surface area contributed by atoms with Crippen LogP contribution in [0.15, 0.2) is 18.2 Å². The number of rotatable bonds is 4. The van der Waals surface area contributed by atoms with Gasteiger partial charge in [-0.1, -0.05) is 12.8 Å². The second kappa shape index (κ2) is 10.8. The highest BCUT2D eigenvalue weighted by Crippen LogP contribution is 2.30. The van der Waals surface area contributed by atoms with Gasteiger partial charge in [0.25, 0.3) is 5.91 Å². The van der Waals surface area contributed by atoms with Crippen LogP contribution in [0.2, 0.25) is 0 Å². The topological polar surface area (TPSA) is 94.2 Å². The number of morpholine rings is 1. The van der Waals surface area contributed by atoms with Crippen molar-refractivity contribution in [1.29, 1.82) is 0 Å². The van der Waals surface area contributed by atoms with Crippen LogP contribution >= 0.6 is 0 Å². The molecule has 0 radical (unpaired) electrons. The Bertz CT molecular complexity index is 924. The zero-order chi connectivity index (χ0) is 25.0. The first-order valence-corrected chi connectivity index (χ1v) is 12.9. The molecule has 4 rings (SSSR count). The predicted octanol–water partition coefficient (Wildman–Crippen LogP) is 2.92. The van der Waals surface area contributed by atoms with Crippen LogP contribution in [-0.2, 0) is 9.53 Å². The Morgan fingerprint density at radius 1 is 0.914 bits per heavy atom. The number of piperazine rings is 1. The van der Waals surface area contributed by atoms with Crippen molar-refractivity contribution in [3.05, 3.63) is 23.8 Å². The van der Waals surface area contributed by atoms with Crippen molar-refractivity contribution in [2.45, 2.75) is 52.0 Å². The molecular formula is C26H39N5O4. The standard InChI is InChI=1S/C26H39N5O4/c1-26(2,3)28-25(34)31-12-10-29(11-13-31)22-9-8-20(27-23(32)19-6-4-5-7-19)18-21(22)24(33)30-14-16-35-17-15-30/h8-9,18-19H,4-7,10-17H2,1-3H3,(H,27,32)(H,28,34). The fraction of sp³-hybridized carbons (Fsp3) is 0.654. The summed E-state index contributed by atoms with van der Waals surface area (Å²) in [5, 5.41) is 6.06. The van der Waals surface area contributed by atoms with Crippen molar-refractivity contribution in [3.63, 3.8) is 0 Å². The van der Waals surface area contributed by atoms with Crippen LogP contribution in [-0.4, -0.2) is 85.7 Å².